The highest BCUT2D eigenvalue weighted by atomic mass is 19.1. The molecule has 0 saturated carbocycles. The minimum atomic E-state index is -0.158. The third-order valence-corrected chi connectivity index (χ3v) is 4.13. The van der Waals surface area contributed by atoms with Crippen LogP contribution in [0.1, 0.15) is 58.9 Å². The first-order valence-electron chi connectivity index (χ1n) is 8.07. The summed E-state index contributed by atoms with van der Waals surface area (Å²) in [6, 6.07) is 2.20. The number of piperidine rings is 1. The predicted molar refractivity (Wildman–Crippen MR) is 86.1 cm³/mol. The Morgan fingerprint density at radius 3 is 2.81 bits per heavy atom. The third kappa shape index (κ3) is 4.16. The lowest BCUT2D eigenvalue weighted by Crippen LogP contribution is -2.40. The summed E-state index contributed by atoms with van der Waals surface area (Å²) >= 11 is 0. The van der Waals surface area contributed by atoms with E-state index in [4.69, 9.17) is 0 Å². The van der Waals surface area contributed by atoms with Crippen LogP contribution in [0, 0.1) is 5.82 Å². The first-order valence-corrected chi connectivity index (χ1v) is 8.07. The molecule has 0 bridgehead atoms. The Morgan fingerprint density at radius 2 is 2.14 bits per heavy atom. The van der Waals surface area contributed by atoms with Gasteiger partial charge in [-0.1, -0.05) is 6.92 Å². The minimum Gasteiger partial charge on any atom is -0.351 e. The van der Waals surface area contributed by atoms with Gasteiger partial charge in [0.15, 0.2) is 11.6 Å². The van der Waals surface area contributed by atoms with Crippen LogP contribution in [0.3, 0.4) is 0 Å². The molecule has 0 aliphatic carbocycles. The van der Waals surface area contributed by atoms with Crippen molar-refractivity contribution in [2.75, 3.05) is 11.4 Å². The fourth-order valence-corrected chi connectivity index (χ4v) is 2.87. The molecule has 1 aromatic heterocycles. The van der Waals surface area contributed by atoms with Crippen LogP contribution >= 0.6 is 0 Å². The van der Waals surface area contributed by atoms with Crippen molar-refractivity contribution < 1.29 is 4.39 Å². The lowest BCUT2D eigenvalue weighted by molar-refractivity contribution is 0.414. The summed E-state index contributed by atoms with van der Waals surface area (Å²) in [7, 11) is 0. The largest absolute Gasteiger partial charge is 0.351 e. The van der Waals surface area contributed by atoms with Gasteiger partial charge in [0, 0.05) is 36.4 Å². The highest BCUT2D eigenvalue weighted by Crippen LogP contribution is 2.28. The summed E-state index contributed by atoms with van der Waals surface area (Å²) in [6.45, 7) is 9.89. The maximum absolute atomic E-state index is 14.8. The number of nitrogens with zero attached hydrogens (tertiary/aromatic N) is 2. The zero-order valence-electron chi connectivity index (χ0n) is 13.7. The van der Waals surface area contributed by atoms with Crippen molar-refractivity contribution in [3.8, 4) is 0 Å². The smallest absolute Gasteiger partial charge is 0.170 e. The molecule has 1 aromatic rings. The van der Waals surface area contributed by atoms with E-state index in [9.17, 15) is 4.39 Å². The Morgan fingerprint density at radius 1 is 1.38 bits per heavy atom. The van der Waals surface area contributed by atoms with E-state index in [0.29, 0.717) is 24.0 Å². The fraction of sp³-hybridized carbons (Fsp3) is 0.706. The maximum Gasteiger partial charge on any atom is 0.170 e. The van der Waals surface area contributed by atoms with Gasteiger partial charge in [-0.2, -0.15) is 0 Å². The molecule has 1 saturated heterocycles. The van der Waals surface area contributed by atoms with E-state index >= 15 is 0 Å². The topological polar surface area (TPSA) is 28.2 Å². The Kier molecular flexibility index (Phi) is 5.20. The van der Waals surface area contributed by atoms with Crippen LogP contribution in [0.15, 0.2) is 12.3 Å². The van der Waals surface area contributed by atoms with Gasteiger partial charge in [0.25, 0.3) is 0 Å². The van der Waals surface area contributed by atoms with Crippen LogP contribution in [0.5, 0.6) is 0 Å². The second-order valence-electron chi connectivity index (χ2n) is 6.96. The number of anilines is 1. The van der Waals surface area contributed by atoms with E-state index in [2.05, 4.69) is 42.9 Å². The molecule has 0 radical (unpaired) electrons. The molecule has 1 unspecified atom stereocenters. The van der Waals surface area contributed by atoms with Gasteiger partial charge in [-0.3, -0.25) is 0 Å². The first-order chi connectivity index (χ1) is 9.92. The van der Waals surface area contributed by atoms with Gasteiger partial charge in [0.05, 0.1) is 0 Å². The SMILES string of the molecule is CCC1CCCCN1c1nccc(CNC(C)(C)C)c1F. The van der Waals surface area contributed by atoms with Crippen LogP contribution in [0.25, 0.3) is 0 Å². The van der Waals surface area contributed by atoms with Crippen LogP contribution in [0.2, 0.25) is 0 Å². The molecule has 4 heteroatoms. The highest BCUT2D eigenvalue weighted by Gasteiger charge is 2.25. The molecule has 2 heterocycles. The van der Waals surface area contributed by atoms with Gasteiger partial charge in [0.1, 0.15) is 0 Å². The van der Waals surface area contributed by atoms with E-state index in [0.717, 1.165) is 25.8 Å². The normalized spacial score (nSPS) is 19.9. The molecule has 21 heavy (non-hydrogen) atoms. The Hall–Kier alpha value is -1.16. The number of aromatic nitrogens is 1. The van der Waals surface area contributed by atoms with E-state index in [1.165, 1.54) is 6.42 Å². The molecule has 0 amide bonds. The molecule has 118 valence electrons. The Balaban J connectivity index is 2.20. The monoisotopic (exact) mass is 293 g/mol. The average molecular weight is 293 g/mol. The summed E-state index contributed by atoms with van der Waals surface area (Å²) in [4.78, 5) is 6.49. The maximum atomic E-state index is 14.8. The van der Waals surface area contributed by atoms with Gasteiger partial charge >= 0.3 is 0 Å². The van der Waals surface area contributed by atoms with Crippen LogP contribution in [0.4, 0.5) is 10.2 Å². The summed E-state index contributed by atoms with van der Waals surface area (Å²) in [5.41, 5.74) is 0.683. The number of rotatable bonds is 4. The fourth-order valence-electron chi connectivity index (χ4n) is 2.87. The summed E-state index contributed by atoms with van der Waals surface area (Å²) in [5.74, 6) is 0.379. The molecule has 1 aliphatic rings. The van der Waals surface area contributed by atoms with Crippen LogP contribution in [-0.4, -0.2) is 23.1 Å². The van der Waals surface area contributed by atoms with Gasteiger partial charge in [0.2, 0.25) is 0 Å². The van der Waals surface area contributed by atoms with Crippen LogP contribution < -0.4 is 10.2 Å². The Bertz CT molecular complexity index is 468. The number of hydrogen-bond donors (Lipinski definition) is 1. The second kappa shape index (κ2) is 6.73. The molecule has 3 nitrogen and oxygen atoms in total. The van der Waals surface area contributed by atoms with E-state index in [-0.39, 0.29) is 11.4 Å². The molecule has 1 N–H and O–H groups in total. The molecule has 1 aliphatic heterocycles. The van der Waals surface area contributed by atoms with Crippen LogP contribution in [-0.2, 0) is 6.54 Å². The standard InChI is InChI=1S/C17H28FN3/c1-5-14-8-6-7-11-21(14)16-15(18)13(9-10-19-16)12-20-17(2,3)4/h9-10,14,20H,5-8,11-12H2,1-4H3. The zero-order chi connectivity index (χ0) is 15.5. The molecule has 1 fully saturated rings. The van der Waals surface area contributed by atoms with Gasteiger partial charge in [-0.25, -0.2) is 9.37 Å². The molecule has 0 aromatic carbocycles. The van der Waals surface area contributed by atoms with Gasteiger partial charge in [-0.05, 0) is 52.5 Å². The van der Waals surface area contributed by atoms with Crippen molar-refractivity contribution in [1.29, 1.82) is 0 Å². The van der Waals surface area contributed by atoms with Gasteiger partial charge in [-0.15, -0.1) is 0 Å². The summed E-state index contributed by atoms with van der Waals surface area (Å²) < 4.78 is 14.8. The van der Waals surface area contributed by atoms with Crippen molar-refractivity contribution >= 4 is 5.82 Å². The summed E-state index contributed by atoms with van der Waals surface area (Å²) in [5, 5.41) is 3.35. The predicted octanol–water partition coefficient (Wildman–Crippen LogP) is 3.88. The lowest BCUT2D eigenvalue weighted by atomic mass is 9.99. The lowest BCUT2D eigenvalue weighted by Gasteiger charge is -2.36. The molecule has 2 rings (SSSR count). The second-order valence-corrected chi connectivity index (χ2v) is 6.96. The van der Waals surface area contributed by atoms with Crippen molar-refractivity contribution in [3.63, 3.8) is 0 Å². The number of nitrogens with one attached hydrogen (secondary N) is 1. The van der Waals surface area contributed by atoms with E-state index < -0.39 is 0 Å². The number of halogens is 1. The Labute approximate surface area is 127 Å². The number of pyridine rings is 1. The zero-order valence-corrected chi connectivity index (χ0v) is 13.7. The van der Waals surface area contributed by atoms with Gasteiger partial charge < -0.3 is 10.2 Å². The highest BCUT2D eigenvalue weighted by molar-refractivity contribution is 5.44. The quantitative estimate of drug-likeness (QED) is 0.913. The molecular formula is C17H28FN3. The molecule has 1 atom stereocenters. The third-order valence-electron chi connectivity index (χ3n) is 4.13. The first kappa shape index (κ1) is 16.2. The van der Waals surface area contributed by atoms with Crippen molar-refractivity contribution in [3.05, 3.63) is 23.6 Å². The van der Waals surface area contributed by atoms with Crippen molar-refractivity contribution in [2.45, 2.75) is 71.5 Å². The molecular weight excluding hydrogens is 265 g/mol. The summed E-state index contributed by atoms with van der Waals surface area (Å²) in [6.07, 6.45) is 6.29. The molecule has 0 spiro atoms. The van der Waals surface area contributed by atoms with E-state index in [1.807, 2.05) is 0 Å². The number of hydrogen-bond acceptors (Lipinski definition) is 3. The minimum absolute atomic E-state index is 0.0209. The average Bonchev–Trinajstić information content (AvgIpc) is 2.45. The van der Waals surface area contributed by atoms with Crippen molar-refractivity contribution in [2.24, 2.45) is 0 Å². The van der Waals surface area contributed by atoms with E-state index in [1.54, 1.807) is 12.3 Å². The van der Waals surface area contributed by atoms with Crippen molar-refractivity contribution in [1.82, 2.24) is 10.3 Å².